The monoisotopic (exact) mass is 253 g/mol. The normalized spacial score (nSPS) is 14.8. The van der Waals surface area contributed by atoms with Crippen molar-refractivity contribution in [2.45, 2.75) is 12.2 Å². The van der Waals surface area contributed by atoms with Gasteiger partial charge in [0.1, 0.15) is 11.9 Å². The molecule has 0 radical (unpaired) electrons. The minimum atomic E-state index is -1.28. The number of halogens is 1. The molecule has 1 heterocycles. The highest BCUT2D eigenvalue weighted by Gasteiger charge is 2.21. The minimum Gasteiger partial charge on any atom is -0.389 e. The first kappa shape index (κ1) is 12.3. The van der Waals surface area contributed by atoms with Crippen molar-refractivity contribution in [3.8, 4) is 0 Å². The zero-order chi connectivity index (χ0) is 12.4. The topological polar surface area (TPSA) is 53.4 Å². The molecule has 5 heteroatoms. The van der Waals surface area contributed by atoms with Crippen LogP contribution in [0.3, 0.4) is 0 Å². The number of nitrogens with zero attached hydrogens (tertiary/aromatic N) is 1. The Morgan fingerprint density at radius 2 is 2.12 bits per heavy atom. The Morgan fingerprint density at radius 1 is 1.35 bits per heavy atom. The number of benzene rings is 1. The van der Waals surface area contributed by atoms with Gasteiger partial charge in [0.25, 0.3) is 0 Å². The van der Waals surface area contributed by atoms with E-state index in [2.05, 4.69) is 17.6 Å². The van der Waals surface area contributed by atoms with Crippen molar-refractivity contribution in [3.05, 3.63) is 41.8 Å². The first-order valence-electron chi connectivity index (χ1n) is 5.14. The molecule has 2 rings (SSSR count). The largest absolute Gasteiger partial charge is 0.389 e. The first-order chi connectivity index (χ1) is 8.13. The molecule has 0 aliphatic rings. The minimum absolute atomic E-state index is 0.0612. The average molecular weight is 253 g/mol. The number of hydrogen-bond donors (Lipinski definition) is 3. The molecule has 0 spiro atoms. The van der Waals surface area contributed by atoms with Crippen LogP contribution in [0.15, 0.2) is 30.5 Å². The van der Waals surface area contributed by atoms with Crippen molar-refractivity contribution in [1.29, 1.82) is 0 Å². The van der Waals surface area contributed by atoms with Crippen LogP contribution in [0.2, 0.25) is 0 Å². The Hall–Kier alpha value is -1.17. The van der Waals surface area contributed by atoms with Crippen LogP contribution in [0, 0.1) is 5.82 Å². The number of aliphatic hydroxyl groups is 2. The fourth-order valence-corrected chi connectivity index (χ4v) is 1.85. The second-order valence-electron chi connectivity index (χ2n) is 3.76. The summed E-state index contributed by atoms with van der Waals surface area (Å²) in [4.78, 5) is 4.01. The van der Waals surface area contributed by atoms with Crippen molar-refractivity contribution >= 4 is 23.5 Å². The molecular formula is C12H12FNO2S. The molecular weight excluding hydrogens is 241 g/mol. The highest BCUT2D eigenvalue weighted by Crippen LogP contribution is 2.25. The van der Waals surface area contributed by atoms with Crippen molar-refractivity contribution in [1.82, 2.24) is 4.98 Å². The van der Waals surface area contributed by atoms with Crippen LogP contribution in [-0.4, -0.2) is 27.1 Å². The number of aliphatic hydroxyl groups excluding tert-OH is 2. The molecule has 2 unspecified atom stereocenters. The SMILES string of the molecule is OC(CS)C(O)c1cc2cccnc2cc1F. The second-order valence-corrected chi connectivity index (χ2v) is 4.13. The van der Waals surface area contributed by atoms with Crippen LogP contribution in [0.25, 0.3) is 10.9 Å². The van der Waals surface area contributed by atoms with Gasteiger partial charge >= 0.3 is 0 Å². The highest BCUT2D eigenvalue weighted by molar-refractivity contribution is 7.80. The van der Waals surface area contributed by atoms with E-state index in [4.69, 9.17) is 0 Å². The molecule has 2 atom stereocenters. The Kier molecular flexibility index (Phi) is 3.61. The smallest absolute Gasteiger partial charge is 0.131 e. The van der Waals surface area contributed by atoms with Crippen LogP contribution in [0.1, 0.15) is 11.7 Å². The van der Waals surface area contributed by atoms with E-state index in [1.807, 2.05) is 0 Å². The van der Waals surface area contributed by atoms with Crippen molar-refractivity contribution in [2.75, 3.05) is 5.75 Å². The van der Waals surface area contributed by atoms with Gasteiger partial charge in [-0.05, 0) is 12.1 Å². The summed E-state index contributed by atoms with van der Waals surface area (Å²) in [5.74, 6) is -0.518. The van der Waals surface area contributed by atoms with Crippen LogP contribution < -0.4 is 0 Å². The first-order valence-corrected chi connectivity index (χ1v) is 5.78. The van der Waals surface area contributed by atoms with Gasteiger partial charge in [-0.3, -0.25) is 4.98 Å². The average Bonchev–Trinajstić information content (AvgIpc) is 2.36. The maximum Gasteiger partial charge on any atom is 0.131 e. The number of hydrogen-bond acceptors (Lipinski definition) is 4. The lowest BCUT2D eigenvalue weighted by molar-refractivity contribution is 0.0316. The molecule has 2 aromatic rings. The standard InChI is InChI=1S/C12H12FNO2S/c13-9-5-10-7(2-1-3-14-10)4-8(9)12(16)11(15)6-17/h1-5,11-12,15-17H,6H2. The molecule has 0 bridgehead atoms. The molecule has 1 aromatic heterocycles. The maximum absolute atomic E-state index is 13.7. The van der Waals surface area contributed by atoms with Gasteiger partial charge in [0.15, 0.2) is 0 Å². The van der Waals surface area contributed by atoms with Gasteiger partial charge in [-0.25, -0.2) is 4.39 Å². The molecule has 0 fully saturated rings. The Labute approximate surface area is 103 Å². The third kappa shape index (κ3) is 2.41. The van der Waals surface area contributed by atoms with Gasteiger partial charge in [-0.2, -0.15) is 12.6 Å². The summed E-state index contributed by atoms with van der Waals surface area (Å²) < 4.78 is 13.7. The molecule has 0 aliphatic carbocycles. The number of pyridine rings is 1. The van der Waals surface area contributed by atoms with E-state index < -0.39 is 18.0 Å². The number of thiol groups is 1. The predicted octanol–water partition coefficient (Wildman–Crippen LogP) is 1.70. The van der Waals surface area contributed by atoms with E-state index >= 15 is 0 Å². The van der Waals surface area contributed by atoms with Gasteiger partial charge in [0.05, 0.1) is 11.6 Å². The van der Waals surface area contributed by atoms with E-state index in [1.54, 1.807) is 18.3 Å². The van der Waals surface area contributed by atoms with Crippen LogP contribution in [0.5, 0.6) is 0 Å². The van der Waals surface area contributed by atoms with Gasteiger partial charge in [0.2, 0.25) is 0 Å². The van der Waals surface area contributed by atoms with Gasteiger partial charge in [-0.15, -0.1) is 0 Å². The Morgan fingerprint density at radius 3 is 2.82 bits per heavy atom. The molecule has 2 N–H and O–H groups in total. The Bertz CT molecular complexity index is 535. The summed E-state index contributed by atoms with van der Waals surface area (Å²) in [7, 11) is 0. The van der Waals surface area contributed by atoms with Crippen molar-refractivity contribution < 1.29 is 14.6 Å². The summed E-state index contributed by atoms with van der Waals surface area (Å²) >= 11 is 3.87. The molecule has 0 amide bonds. The number of aromatic nitrogens is 1. The number of rotatable bonds is 3. The van der Waals surface area contributed by atoms with E-state index in [0.29, 0.717) is 10.9 Å². The summed E-state index contributed by atoms with van der Waals surface area (Å²) in [6.07, 6.45) is -0.806. The summed E-state index contributed by atoms with van der Waals surface area (Å²) in [6, 6.07) is 6.24. The molecule has 0 saturated carbocycles. The molecule has 0 saturated heterocycles. The van der Waals surface area contributed by atoms with Gasteiger partial charge in [0, 0.05) is 29.0 Å². The van der Waals surface area contributed by atoms with Crippen LogP contribution in [0.4, 0.5) is 4.39 Å². The summed E-state index contributed by atoms with van der Waals surface area (Å²) in [5.41, 5.74) is 0.577. The fourth-order valence-electron chi connectivity index (χ4n) is 1.65. The molecule has 17 heavy (non-hydrogen) atoms. The molecule has 1 aromatic carbocycles. The highest BCUT2D eigenvalue weighted by atomic mass is 32.1. The molecule has 90 valence electrons. The number of fused-ring (bicyclic) bond motifs is 1. The van der Waals surface area contributed by atoms with Crippen molar-refractivity contribution in [2.24, 2.45) is 0 Å². The van der Waals surface area contributed by atoms with Crippen LogP contribution in [-0.2, 0) is 0 Å². The quantitative estimate of drug-likeness (QED) is 0.730. The summed E-state index contributed by atoms with van der Waals surface area (Å²) in [6.45, 7) is 0. The lowest BCUT2D eigenvalue weighted by Crippen LogP contribution is -2.20. The predicted molar refractivity (Wildman–Crippen MR) is 66.5 cm³/mol. The zero-order valence-electron chi connectivity index (χ0n) is 8.92. The zero-order valence-corrected chi connectivity index (χ0v) is 9.81. The van der Waals surface area contributed by atoms with E-state index in [-0.39, 0.29) is 11.3 Å². The van der Waals surface area contributed by atoms with Gasteiger partial charge < -0.3 is 10.2 Å². The van der Waals surface area contributed by atoms with E-state index in [9.17, 15) is 14.6 Å². The van der Waals surface area contributed by atoms with Crippen LogP contribution >= 0.6 is 12.6 Å². The van der Waals surface area contributed by atoms with Crippen molar-refractivity contribution in [3.63, 3.8) is 0 Å². The Balaban J connectivity index is 2.50. The molecule has 3 nitrogen and oxygen atoms in total. The third-order valence-corrected chi connectivity index (χ3v) is 2.97. The maximum atomic E-state index is 13.7. The molecule has 0 aliphatic heterocycles. The second kappa shape index (κ2) is 5.00. The summed E-state index contributed by atoms with van der Waals surface area (Å²) in [5, 5.41) is 20.0. The third-order valence-electron chi connectivity index (χ3n) is 2.59. The lowest BCUT2D eigenvalue weighted by atomic mass is 10.0. The fraction of sp³-hybridized carbons (Fsp3) is 0.250. The lowest BCUT2D eigenvalue weighted by Gasteiger charge is -2.17. The van der Waals surface area contributed by atoms with Gasteiger partial charge in [-0.1, -0.05) is 6.07 Å². The van der Waals surface area contributed by atoms with E-state index in [1.165, 1.54) is 12.1 Å². The van der Waals surface area contributed by atoms with E-state index in [0.717, 1.165) is 0 Å².